The van der Waals surface area contributed by atoms with E-state index >= 15 is 0 Å². The van der Waals surface area contributed by atoms with Crippen LogP contribution in [0.3, 0.4) is 0 Å². The molecule has 0 N–H and O–H groups in total. The summed E-state index contributed by atoms with van der Waals surface area (Å²) in [6.45, 7) is 1.88. The van der Waals surface area contributed by atoms with E-state index in [4.69, 9.17) is 23.2 Å². The van der Waals surface area contributed by atoms with Crippen molar-refractivity contribution in [1.82, 2.24) is 0 Å². The van der Waals surface area contributed by atoms with Crippen molar-refractivity contribution in [2.75, 3.05) is 0 Å². The van der Waals surface area contributed by atoms with Gasteiger partial charge in [0.05, 0.1) is 6.07 Å². The molecule has 106 valence electrons. The Balaban J connectivity index is 2.55. The lowest BCUT2D eigenvalue weighted by Crippen LogP contribution is -2.13. The largest absolute Gasteiger partial charge is 0.292 e. The molecular formula is C16H10BrCl2NO. The van der Waals surface area contributed by atoms with Crippen LogP contribution < -0.4 is 0 Å². The Morgan fingerprint density at radius 1 is 1.19 bits per heavy atom. The third-order valence-corrected chi connectivity index (χ3v) is 4.85. The zero-order valence-corrected chi connectivity index (χ0v) is 14.1. The number of hydrogen-bond acceptors (Lipinski definition) is 2. The average Bonchev–Trinajstić information content (AvgIpc) is 2.45. The molecule has 2 aromatic rings. The van der Waals surface area contributed by atoms with Gasteiger partial charge in [0, 0.05) is 25.6 Å². The number of hydrogen-bond donors (Lipinski definition) is 0. The van der Waals surface area contributed by atoms with E-state index in [1.807, 2.05) is 19.1 Å². The number of rotatable bonds is 3. The zero-order chi connectivity index (χ0) is 15.6. The molecule has 0 amide bonds. The molecule has 0 aliphatic heterocycles. The monoisotopic (exact) mass is 381 g/mol. The average molecular weight is 383 g/mol. The van der Waals surface area contributed by atoms with Gasteiger partial charge >= 0.3 is 0 Å². The number of carbonyl (C=O) groups excluding carboxylic acids is 1. The van der Waals surface area contributed by atoms with Crippen molar-refractivity contribution in [3.8, 4) is 6.07 Å². The first-order valence-corrected chi connectivity index (χ1v) is 7.65. The van der Waals surface area contributed by atoms with Crippen LogP contribution in [-0.2, 0) is 0 Å². The predicted molar refractivity (Wildman–Crippen MR) is 88.0 cm³/mol. The number of carbonyl (C=O) groups is 1. The molecule has 0 radical (unpaired) electrons. The molecule has 2 rings (SSSR count). The van der Waals surface area contributed by atoms with Gasteiger partial charge in [0.15, 0.2) is 5.78 Å². The van der Waals surface area contributed by atoms with E-state index in [0.717, 1.165) is 5.56 Å². The van der Waals surface area contributed by atoms with Crippen LogP contribution in [0.4, 0.5) is 0 Å². The van der Waals surface area contributed by atoms with Crippen LogP contribution >= 0.6 is 39.1 Å². The second-order valence-corrected chi connectivity index (χ2v) is 6.11. The van der Waals surface area contributed by atoms with Crippen LogP contribution in [0.1, 0.15) is 27.4 Å². The summed E-state index contributed by atoms with van der Waals surface area (Å²) in [5, 5.41) is 10.0. The predicted octanol–water partition coefficient (Wildman–Crippen LogP) is 5.55. The Morgan fingerprint density at radius 3 is 2.33 bits per heavy atom. The number of nitrogens with zero attached hydrogens (tertiary/aromatic N) is 1. The summed E-state index contributed by atoms with van der Waals surface area (Å²) < 4.78 is 0.679. The molecule has 21 heavy (non-hydrogen) atoms. The molecule has 0 aromatic heterocycles. The van der Waals surface area contributed by atoms with Gasteiger partial charge in [0.2, 0.25) is 0 Å². The first kappa shape index (κ1) is 16.0. The molecule has 0 saturated carbocycles. The van der Waals surface area contributed by atoms with E-state index in [0.29, 0.717) is 25.6 Å². The maximum absolute atomic E-state index is 12.7. The molecule has 0 bridgehead atoms. The van der Waals surface area contributed by atoms with Gasteiger partial charge < -0.3 is 0 Å². The lowest BCUT2D eigenvalue weighted by molar-refractivity contribution is 0.0978. The number of halogens is 3. The number of benzene rings is 2. The standard InChI is InChI=1S/C16H10BrCl2NO/c1-9-4-2-5-10(15(9)17)16(21)11(8-20)14-12(18)6-3-7-13(14)19/h2-7,11H,1H3. The quantitative estimate of drug-likeness (QED) is 0.652. The molecule has 0 aliphatic carbocycles. The fraction of sp³-hybridized carbons (Fsp3) is 0.125. The highest BCUT2D eigenvalue weighted by Gasteiger charge is 2.27. The van der Waals surface area contributed by atoms with Gasteiger partial charge in [-0.2, -0.15) is 5.26 Å². The molecule has 0 fully saturated rings. The van der Waals surface area contributed by atoms with Crippen molar-refractivity contribution in [3.05, 3.63) is 67.6 Å². The minimum atomic E-state index is -1.04. The van der Waals surface area contributed by atoms with Crippen molar-refractivity contribution in [2.45, 2.75) is 12.8 Å². The highest BCUT2D eigenvalue weighted by molar-refractivity contribution is 9.10. The van der Waals surface area contributed by atoms with Crippen LogP contribution in [0.2, 0.25) is 10.0 Å². The van der Waals surface area contributed by atoms with Crippen LogP contribution in [0.25, 0.3) is 0 Å². The Kier molecular flexibility index (Phi) is 5.05. The molecule has 1 unspecified atom stereocenters. The van der Waals surface area contributed by atoms with Gasteiger partial charge in [-0.1, -0.05) is 47.5 Å². The Labute approximate surface area is 141 Å². The second kappa shape index (κ2) is 6.62. The SMILES string of the molecule is Cc1cccc(C(=O)C(C#N)c2c(Cl)cccc2Cl)c1Br. The fourth-order valence-corrected chi connectivity index (χ4v) is 3.11. The topological polar surface area (TPSA) is 40.9 Å². The van der Waals surface area contributed by atoms with E-state index in [1.165, 1.54) is 0 Å². The Morgan fingerprint density at radius 2 is 1.76 bits per heavy atom. The number of aryl methyl sites for hydroxylation is 1. The van der Waals surface area contributed by atoms with Crippen LogP contribution in [0.15, 0.2) is 40.9 Å². The summed E-state index contributed by atoms with van der Waals surface area (Å²) >= 11 is 15.6. The van der Waals surface area contributed by atoms with Crippen molar-refractivity contribution < 1.29 is 4.79 Å². The third kappa shape index (κ3) is 3.13. The summed E-state index contributed by atoms with van der Waals surface area (Å²) in [5.74, 6) is -1.37. The van der Waals surface area contributed by atoms with Crippen molar-refractivity contribution in [2.24, 2.45) is 0 Å². The molecule has 2 nitrogen and oxygen atoms in total. The van der Waals surface area contributed by atoms with E-state index < -0.39 is 5.92 Å². The number of nitriles is 1. The van der Waals surface area contributed by atoms with E-state index in [-0.39, 0.29) is 5.78 Å². The minimum Gasteiger partial charge on any atom is -0.292 e. The second-order valence-electron chi connectivity index (χ2n) is 4.50. The molecule has 1 atom stereocenters. The number of ketones is 1. The van der Waals surface area contributed by atoms with E-state index in [1.54, 1.807) is 30.3 Å². The Hall–Kier alpha value is -1.34. The highest BCUT2D eigenvalue weighted by atomic mass is 79.9. The maximum Gasteiger partial charge on any atom is 0.185 e. The molecule has 0 aliphatic rings. The summed E-state index contributed by atoms with van der Waals surface area (Å²) in [7, 11) is 0. The molecule has 5 heteroatoms. The van der Waals surface area contributed by atoms with Gasteiger partial charge in [-0.3, -0.25) is 4.79 Å². The van der Waals surface area contributed by atoms with Gasteiger partial charge in [0.1, 0.15) is 5.92 Å². The van der Waals surface area contributed by atoms with Gasteiger partial charge in [-0.15, -0.1) is 0 Å². The molecule has 0 spiro atoms. The molecule has 0 heterocycles. The van der Waals surface area contributed by atoms with Crippen LogP contribution in [-0.4, -0.2) is 5.78 Å². The van der Waals surface area contributed by atoms with Crippen molar-refractivity contribution in [1.29, 1.82) is 5.26 Å². The van der Waals surface area contributed by atoms with Crippen molar-refractivity contribution in [3.63, 3.8) is 0 Å². The van der Waals surface area contributed by atoms with Gasteiger partial charge in [-0.05, 0) is 40.5 Å². The normalized spacial score (nSPS) is 11.8. The highest BCUT2D eigenvalue weighted by Crippen LogP contribution is 2.35. The van der Waals surface area contributed by atoms with Crippen LogP contribution in [0.5, 0.6) is 0 Å². The van der Waals surface area contributed by atoms with Crippen LogP contribution in [0, 0.1) is 18.3 Å². The summed E-state index contributed by atoms with van der Waals surface area (Å²) in [4.78, 5) is 12.7. The fourth-order valence-electron chi connectivity index (χ4n) is 2.03. The lowest BCUT2D eigenvalue weighted by Gasteiger charge is -2.14. The number of Topliss-reactive ketones (excluding diaryl/α,β-unsaturated/α-hetero) is 1. The summed E-state index contributed by atoms with van der Waals surface area (Å²) in [6.07, 6.45) is 0. The van der Waals surface area contributed by atoms with Crippen molar-refractivity contribution >= 4 is 44.9 Å². The minimum absolute atomic E-state index is 0.311. The molecular weight excluding hydrogens is 373 g/mol. The van der Waals surface area contributed by atoms with E-state index in [9.17, 15) is 10.1 Å². The smallest absolute Gasteiger partial charge is 0.185 e. The Bertz CT molecular complexity index is 732. The lowest BCUT2D eigenvalue weighted by atomic mass is 9.91. The first-order valence-electron chi connectivity index (χ1n) is 6.10. The van der Waals surface area contributed by atoms with E-state index in [2.05, 4.69) is 15.9 Å². The van der Waals surface area contributed by atoms with Gasteiger partial charge in [-0.25, -0.2) is 0 Å². The van der Waals surface area contributed by atoms with Gasteiger partial charge in [0.25, 0.3) is 0 Å². The zero-order valence-electron chi connectivity index (χ0n) is 11.0. The summed E-state index contributed by atoms with van der Waals surface area (Å²) in [6, 6.07) is 12.2. The third-order valence-electron chi connectivity index (χ3n) is 3.14. The first-order chi connectivity index (χ1) is 9.97. The molecule has 0 saturated heterocycles. The molecule has 2 aromatic carbocycles. The maximum atomic E-state index is 12.7. The summed E-state index contributed by atoms with van der Waals surface area (Å²) in [5.41, 5.74) is 1.71.